The summed E-state index contributed by atoms with van der Waals surface area (Å²) in [6.07, 6.45) is 0.413. The second-order valence-electron chi connectivity index (χ2n) is 7.44. The third-order valence-corrected chi connectivity index (χ3v) is 5.45. The smallest absolute Gasteiger partial charge is 0.226 e. The Hall–Kier alpha value is -3.66. The monoisotopic (exact) mass is 379 g/mol. The third kappa shape index (κ3) is 3.13. The number of fused-ring (bicyclic) bond motifs is 1. The van der Waals surface area contributed by atoms with E-state index >= 15 is 0 Å². The molecule has 1 N–H and O–H groups in total. The Morgan fingerprint density at radius 1 is 0.897 bits per heavy atom. The van der Waals surface area contributed by atoms with Crippen molar-refractivity contribution in [2.45, 2.75) is 19.3 Å². The highest BCUT2D eigenvalue weighted by Crippen LogP contribution is 2.43. The maximum absolute atomic E-state index is 12.7. The predicted octanol–water partition coefficient (Wildman–Crippen LogP) is 5.32. The van der Waals surface area contributed by atoms with E-state index in [4.69, 9.17) is 5.10 Å². The molecular weight excluding hydrogens is 358 g/mol. The van der Waals surface area contributed by atoms with Gasteiger partial charge in [-0.2, -0.15) is 5.10 Å². The van der Waals surface area contributed by atoms with E-state index in [1.807, 2.05) is 53.2 Å². The SMILES string of the molecule is Cc1ccc([C@H]2CC(=O)Nc3c2c(-c2ccccc2)nn3-c2ccccc2)cc1. The Morgan fingerprint density at radius 3 is 2.24 bits per heavy atom. The topological polar surface area (TPSA) is 46.9 Å². The molecule has 0 radical (unpaired) electrons. The van der Waals surface area contributed by atoms with Gasteiger partial charge in [0.25, 0.3) is 0 Å². The molecule has 0 aliphatic carbocycles. The van der Waals surface area contributed by atoms with Crippen molar-refractivity contribution in [2.75, 3.05) is 5.32 Å². The van der Waals surface area contributed by atoms with Gasteiger partial charge in [-0.05, 0) is 24.6 Å². The van der Waals surface area contributed by atoms with Crippen molar-refractivity contribution in [3.63, 3.8) is 0 Å². The van der Waals surface area contributed by atoms with Crippen LogP contribution in [0, 0.1) is 6.92 Å². The summed E-state index contributed by atoms with van der Waals surface area (Å²) in [5.41, 5.74) is 6.30. The number of aryl methyl sites for hydroxylation is 1. The Morgan fingerprint density at radius 2 is 1.55 bits per heavy atom. The maximum Gasteiger partial charge on any atom is 0.226 e. The van der Waals surface area contributed by atoms with Gasteiger partial charge in [-0.25, -0.2) is 4.68 Å². The summed E-state index contributed by atoms with van der Waals surface area (Å²) in [6, 6.07) is 28.6. The van der Waals surface area contributed by atoms with Crippen LogP contribution < -0.4 is 5.32 Å². The Balaban J connectivity index is 1.77. The van der Waals surface area contributed by atoms with E-state index in [9.17, 15) is 4.79 Å². The van der Waals surface area contributed by atoms with Crippen molar-refractivity contribution in [1.29, 1.82) is 0 Å². The second-order valence-corrected chi connectivity index (χ2v) is 7.44. The van der Waals surface area contributed by atoms with Crippen molar-refractivity contribution >= 4 is 11.7 Å². The first-order valence-corrected chi connectivity index (χ1v) is 9.81. The summed E-state index contributed by atoms with van der Waals surface area (Å²) in [6.45, 7) is 2.08. The molecular formula is C25H21N3O. The third-order valence-electron chi connectivity index (χ3n) is 5.45. The van der Waals surface area contributed by atoms with Gasteiger partial charge in [-0.1, -0.05) is 78.4 Å². The highest BCUT2D eigenvalue weighted by Gasteiger charge is 2.34. The van der Waals surface area contributed by atoms with Crippen LogP contribution in [-0.2, 0) is 4.79 Å². The average Bonchev–Trinajstić information content (AvgIpc) is 3.14. The number of amides is 1. The lowest BCUT2D eigenvalue weighted by atomic mass is 9.84. The van der Waals surface area contributed by atoms with Crippen LogP contribution in [0.3, 0.4) is 0 Å². The zero-order chi connectivity index (χ0) is 19.8. The van der Waals surface area contributed by atoms with Crippen molar-refractivity contribution in [3.8, 4) is 16.9 Å². The minimum absolute atomic E-state index is 0.0137. The van der Waals surface area contributed by atoms with Crippen LogP contribution in [0.1, 0.15) is 29.0 Å². The van der Waals surface area contributed by atoms with Crippen LogP contribution in [0.5, 0.6) is 0 Å². The largest absolute Gasteiger partial charge is 0.310 e. The summed E-state index contributed by atoms with van der Waals surface area (Å²) in [4.78, 5) is 12.7. The molecule has 4 aromatic rings. The summed E-state index contributed by atoms with van der Waals surface area (Å²) >= 11 is 0. The minimum atomic E-state index is -0.0352. The number of rotatable bonds is 3. The summed E-state index contributed by atoms with van der Waals surface area (Å²) in [5.74, 6) is 0.740. The summed E-state index contributed by atoms with van der Waals surface area (Å²) < 4.78 is 1.86. The van der Waals surface area contributed by atoms with E-state index in [0.717, 1.165) is 33.9 Å². The molecule has 142 valence electrons. The molecule has 29 heavy (non-hydrogen) atoms. The zero-order valence-corrected chi connectivity index (χ0v) is 16.2. The van der Waals surface area contributed by atoms with Crippen LogP contribution in [0.4, 0.5) is 5.82 Å². The molecule has 0 unspecified atom stereocenters. The van der Waals surface area contributed by atoms with Crippen LogP contribution in [-0.4, -0.2) is 15.7 Å². The van der Waals surface area contributed by atoms with E-state index < -0.39 is 0 Å². The summed E-state index contributed by atoms with van der Waals surface area (Å²) in [5, 5.41) is 8.05. The molecule has 4 heteroatoms. The first-order valence-electron chi connectivity index (χ1n) is 9.81. The fourth-order valence-corrected chi connectivity index (χ4v) is 4.00. The zero-order valence-electron chi connectivity index (χ0n) is 16.2. The molecule has 1 aliphatic rings. The number of aromatic nitrogens is 2. The molecule has 5 rings (SSSR count). The number of nitrogens with zero attached hydrogens (tertiary/aromatic N) is 2. The van der Waals surface area contributed by atoms with E-state index in [2.05, 4.69) is 48.6 Å². The van der Waals surface area contributed by atoms with E-state index in [-0.39, 0.29) is 11.8 Å². The van der Waals surface area contributed by atoms with Gasteiger partial charge in [0.05, 0.1) is 11.4 Å². The van der Waals surface area contributed by atoms with Crippen LogP contribution in [0.15, 0.2) is 84.9 Å². The lowest BCUT2D eigenvalue weighted by Gasteiger charge is -2.25. The fourth-order valence-electron chi connectivity index (χ4n) is 4.00. The molecule has 0 saturated heterocycles. The van der Waals surface area contributed by atoms with E-state index in [1.165, 1.54) is 5.56 Å². The Bertz CT molecular complexity index is 1160. The van der Waals surface area contributed by atoms with Gasteiger partial charge in [0.1, 0.15) is 5.82 Å². The van der Waals surface area contributed by atoms with Crippen LogP contribution in [0.25, 0.3) is 16.9 Å². The van der Waals surface area contributed by atoms with Gasteiger partial charge in [-0.3, -0.25) is 4.79 Å². The number of benzene rings is 3. The average molecular weight is 379 g/mol. The molecule has 0 bridgehead atoms. The van der Waals surface area contributed by atoms with E-state index in [1.54, 1.807) is 0 Å². The molecule has 1 atom stereocenters. The van der Waals surface area contributed by atoms with Gasteiger partial charge >= 0.3 is 0 Å². The normalized spacial score (nSPS) is 15.6. The van der Waals surface area contributed by atoms with Gasteiger partial charge in [0.2, 0.25) is 5.91 Å². The first kappa shape index (κ1) is 17.4. The minimum Gasteiger partial charge on any atom is -0.310 e. The number of hydrogen-bond acceptors (Lipinski definition) is 2. The summed E-state index contributed by atoms with van der Waals surface area (Å²) in [7, 11) is 0. The molecule has 2 heterocycles. The van der Waals surface area contributed by atoms with Crippen molar-refractivity contribution in [2.24, 2.45) is 0 Å². The number of anilines is 1. The van der Waals surface area contributed by atoms with Crippen molar-refractivity contribution in [3.05, 3.63) is 102 Å². The molecule has 1 amide bonds. The maximum atomic E-state index is 12.7. The number of carbonyl (C=O) groups is 1. The van der Waals surface area contributed by atoms with Crippen molar-refractivity contribution < 1.29 is 4.79 Å². The molecule has 1 aromatic heterocycles. The molecule has 0 spiro atoms. The fraction of sp³-hybridized carbons (Fsp3) is 0.120. The quantitative estimate of drug-likeness (QED) is 0.523. The highest BCUT2D eigenvalue weighted by molar-refractivity contribution is 5.96. The van der Waals surface area contributed by atoms with Crippen LogP contribution in [0.2, 0.25) is 0 Å². The lowest BCUT2D eigenvalue weighted by molar-refractivity contribution is -0.116. The van der Waals surface area contributed by atoms with Gasteiger partial charge in [0.15, 0.2) is 0 Å². The predicted molar refractivity (Wildman–Crippen MR) is 115 cm³/mol. The molecule has 0 saturated carbocycles. The van der Waals surface area contributed by atoms with Crippen molar-refractivity contribution in [1.82, 2.24) is 9.78 Å². The molecule has 3 aromatic carbocycles. The number of nitrogens with one attached hydrogen (secondary N) is 1. The Kier molecular flexibility index (Phi) is 4.24. The Labute approximate surface area is 169 Å². The number of hydrogen-bond donors (Lipinski definition) is 1. The standard InChI is InChI=1S/C25H21N3O/c1-17-12-14-18(15-13-17)21-16-22(29)26-25-23(21)24(19-8-4-2-5-9-19)27-28(25)20-10-6-3-7-11-20/h2-15,21H,16H2,1H3,(H,26,29)/t21-/m1/s1. The molecule has 1 aliphatic heterocycles. The van der Waals surface area contributed by atoms with Gasteiger partial charge in [0, 0.05) is 23.5 Å². The van der Waals surface area contributed by atoms with Crippen LogP contribution >= 0.6 is 0 Å². The second kappa shape index (κ2) is 7.06. The van der Waals surface area contributed by atoms with Gasteiger partial charge < -0.3 is 5.32 Å². The lowest BCUT2D eigenvalue weighted by Crippen LogP contribution is -2.24. The number of para-hydroxylation sites is 1. The van der Waals surface area contributed by atoms with E-state index in [0.29, 0.717) is 6.42 Å². The highest BCUT2D eigenvalue weighted by atomic mass is 16.1. The number of carbonyl (C=O) groups excluding carboxylic acids is 1. The van der Waals surface area contributed by atoms with Gasteiger partial charge in [-0.15, -0.1) is 0 Å². The first-order chi connectivity index (χ1) is 14.2. The molecule has 4 nitrogen and oxygen atoms in total. The molecule has 0 fully saturated rings.